The lowest BCUT2D eigenvalue weighted by Crippen LogP contribution is -2.53. The summed E-state index contributed by atoms with van der Waals surface area (Å²) in [4.78, 5) is 0. The molecule has 3 saturated carbocycles. The lowest BCUT2D eigenvalue weighted by Gasteiger charge is -2.58. The van der Waals surface area contributed by atoms with Crippen molar-refractivity contribution in [2.75, 3.05) is 0 Å². The van der Waals surface area contributed by atoms with Crippen LogP contribution >= 0.6 is 0 Å². The van der Waals surface area contributed by atoms with Crippen molar-refractivity contribution in [1.29, 1.82) is 0 Å². The molecule has 8 atom stereocenters. The van der Waals surface area contributed by atoms with Gasteiger partial charge in [-0.2, -0.15) is 0 Å². The Morgan fingerprint density at radius 2 is 1.76 bits per heavy atom. The van der Waals surface area contributed by atoms with Gasteiger partial charge < -0.3 is 10.4 Å². The minimum Gasteiger partial charge on any atom is -0.411 e. The first-order valence-corrected chi connectivity index (χ1v) is 13.8. The topological polar surface area (TPSA) is 65.2 Å². The summed E-state index contributed by atoms with van der Waals surface area (Å²) < 4.78 is 0. The molecule has 4 aliphatic carbocycles. The fourth-order valence-corrected chi connectivity index (χ4v) is 9.26. The molecule has 0 spiro atoms. The molecule has 0 heterocycles. The molecule has 0 aromatic carbocycles. The van der Waals surface area contributed by atoms with Gasteiger partial charge in [0.2, 0.25) is 0 Å². The molecule has 33 heavy (non-hydrogen) atoms. The predicted octanol–water partition coefficient (Wildman–Crippen LogP) is 7.93. The van der Waals surface area contributed by atoms with Gasteiger partial charge in [0.25, 0.3) is 0 Å². The van der Waals surface area contributed by atoms with Gasteiger partial charge in [0.05, 0.1) is 11.4 Å². The number of hydrogen-bond donors (Lipinski definition) is 2. The van der Waals surface area contributed by atoms with Crippen LogP contribution in [-0.4, -0.2) is 21.8 Å². The highest BCUT2D eigenvalue weighted by atomic mass is 16.4. The number of fused-ring (bicyclic) bond motifs is 5. The Balaban J connectivity index is 1.55. The van der Waals surface area contributed by atoms with Crippen LogP contribution in [0.2, 0.25) is 0 Å². The van der Waals surface area contributed by atoms with E-state index in [-0.39, 0.29) is 5.41 Å². The molecule has 186 valence electrons. The lowest BCUT2D eigenvalue weighted by atomic mass is 9.46. The second kappa shape index (κ2) is 9.38. The Morgan fingerprint density at radius 1 is 1.00 bits per heavy atom. The summed E-state index contributed by atoms with van der Waals surface area (Å²) in [5, 5.41) is 26.6. The molecule has 0 aromatic heterocycles. The first-order chi connectivity index (χ1) is 15.7. The van der Waals surface area contributed by atoms with Gasteiger partial charge in [-0.3, -0.25) is 0 Å². The van der Waals surface area contributed by atoms with Crippen LogP contribution < -0.4 is 0 Å². The van der Waals surface area contributed by atoms with Crippen molar-refractivity contribution in [2.24, 2.45) is 62.6 Å². The van der Waals surface area contributed by atoms with Crippen LogP contribution in [0.25, 0.3) is 0 Å². The van der Waals surface area contributed by atoms with E-state index >= 15 is 0 Å². The minimum atomic E-state index is 0.0370. The largest absolute Gasteiger partial charge is 0.411 e. The Bertz CT molecular complexity index is 814. The van der Waals surface area contributed by atoms with Gasteiger partial charge in [0.1, 0.15) is 0 Å². The van der Waals surface area contributed by atoms with Crippen LogP contribution in [0.15, 0.2) is 22.0 Å². The number of oxime groups is 2. The van der Waals surface area contributed by atoms with Crippen molar-refractivity contribution in [3.63, 3.8) is 0 Å². The van der Waals surface area contributed by atoms with E-state index in [1.54, 1.807) is 0 Å². The standard InChI is InChI=1S/C29H48N2O2/c1-7-20(18(2)3)9-8-19(4)23-10-11-24-22-17-27(31-33)26-16-21(30-32)12-14-29(26,6)25(22)13-15-28(23,24)5/h16,18-20,22-25,32-33H,7-15,17H2,1-6H3/b30-21+,31-27+/t19-,20?,22?,23?,24?,25?,28?,29?/m1/s1. The minimum absolute atomic E-state index is 0.0370. The van der Waals surface area contributed by atoms with Gasteiger partial charge in [-0.25, -0.2) is 0 Å². The molecule has 4 nitrogen and oxygen atoms in total. The third-order valence-electron chi connectivity index (χ3n) is 11.3. The van der Waals surface area contributed by atoms with Gasteiger partial charge in [0, 0.05) is 0 Å². The van der Waals surface area contributed by atoms with E-state index in [9.17, 15) is 10.4 Å². The van der Waals surface area contributed by atoms with E-state index in [1.807, 2.05) is 6.08 Å². The maximum atomic E-state index is 9.97. The van der Waals surface area contributed by atoms with E-state index in [0.717, 1.165) is 65.8 Å². The first-order valence-electron chi connectivity index (χ1n) is 13.8. The number of hydrogen-bond acceptors (Lipinski definition) is 4. The molecule has 4 rings (SSSR count). The number of rotatable bonds is 6. The third kappa shape index (κ3) is 4.08. The normalized spacial score (nSPS) is 42.6. The van der Waals surface area contributed by atoms with Crippen LogP contribution in [0.5, 0.6) is 0 Å². The average molecular weight is 457 g/mol. The molecule has 0 bridgehead atoms. The highest BCUT2D eigenvalue weighted by Gasteiger charge is 2.60. The molecule has 2 N–H and O–H groups in total. The zero-order valence-corrected chi connectivity index (χ0v) is 22.0. The van der Waals surface area contributed by atoms with Crippen molar-refractivity contribution in [3.05, 3.63) is 11.6 Å². The van der Waals surface area contributed by atoms with Crippen LogP contribution in [0, 0.1) is 52.3 Å². The van der Waals surface area contributed by atoms with Gasteiger partial charge in [-0.05, 0) is 115 Å². The maximum Gasteiger partial charge on any atom is 0.0836 e. The molecule has 7 unspecified atom stereocenters. The highest BCUT2D eigenvalue weighted by Crippen LogP contribution is 2.67. The summed E-state index contributed by atoms with van der Waals surface area (Å²) in [6.07, 6.45) is 14.1. The van der Waals surface area contributed by atoms with Crippen LogP contribution in [0.3, 0.4) is 0 Å². The second-order valence-corrected chi connectivity index (χ2v) is 12.9. The summed E-state index contributed by atoms with van der Waals surface area (Å²) in [6, 6.07) is 0. The lowest BCUT2D eigenvalue weighted by molar-refractivity contribution is -0.0430. The van der Waals surface area contributed by atoms with E-state index in [4.69, 9.17) is 0 Å². The zero-order chi connectivity index (χ0) is 24.0. The summed E-state index contributed by atoms with van der Waals surface area (Å²) in [5.74, 6) is 5.26. The maximum absolute atomic E-state index is 9.97. The quantitative estimate of drug-likeness (QED) is 0.315. The van der Waals surface area contributed by atoms with E-state index in [1.165, 1.54) is 44.9 Å². The summed E-state index contributed by atoms with van der Waals surface area (Å²) in [5.41, 5.74) is 3.17. The van der Waals surface area contributed by atoms with E-state index < -0.39 is 0 Å². The molecule has 0 saturated heterocycles. The van der Waals surface area contributed by atoms with Crippen molar-refractivity contribution in [3.8, 4) is 0 Å². The summed E-state index contributed by atoms with van der Waals surface area (Å²) in [7, 11) is 0. The van der Waals surface area contributed by atoms with Crippen molar-refractivity contribution in [1.82, 2.24) is 0 Å². The number of allylic oxidation sites excluding steroid dienone is 2. The Kier molecular flexibility index (Phi) is 7.05. The molecule has 4 heteroatoms. The van der Waals surface area contributed by atoms with Crippen molar-refractivity contribution >= 4 is 11.4 Å². The summed E-state index contributed by atoms with van der Waals surface area (Å²) in [6.45, 7) is 14.7. The van der Waals surface area contributed by atoms with Gasteiger partial charge in [-0.1, -0.05) is 64.7 Å². The molecular formula is C29H48N2O2. The van der Waals surface area contributed by atoms with Gasteiger partial charge in [-0.15, -0.1) is 0 Å². The fraction of sp³-hybridized carbons (Fsp3) is 0.862. The van der Waals surface area contributed by atoms with Gasteiger partial charge >= 0.3 is 0 Å². The van der Waals surface area contributed by atoms with E-state index in [2.05, 4.69) is 51.9 Å². The SMILES string of the molecule is CCC(CC[C@@H](C)C1CCC2C3C/C(=N\O)C4=C/C(=N/O)CCC4(C)C3CCC21C)C(C)C. The Morgan fingerprint density at radius 3 is 2.39 bits per heavy atom. The molecular weight excluding hydrogens is 408 g/mol. The first kappa shape index (κ1) is 24.8. The molecule has 0 amide bonds. The predicted molar refractivity (Wildman–Crippen MR) is 136 cm³/mol. The molecule has 3 fully saturated rings. The average Bonchev–Trinajstić information content (AvgIpc) is 3.15. The van der Waals surface area contributed by atoms with Crippen LogP contribution in [0.1, 0.15) is 106 Å². The second-order valence-electron chi connectivity index (χ2n) is 12.9. The molecule has 0 aromatic rings. The summed E-state index contributed by atoms with van der Waals surface area (Å²) >= 11 is 0. The number of nitrogens with zero attached hydrogens (tertiary/aromatic N) is 2. The monoisotopic (exact) mass is 456 g/mol. The third-order valence-corrected chi connectivity index (χ3v) is 11.3. The highest BCUT2D eigenvalue weighted by molar-refractivity contribution is 6.09. The van der Waals surface area contributed by atoms with Crippen molar-refractivity contribution < 1.29 is 10.4 Å². The van der Waals surface area contributed by atoms with Gasteiger partial charge in [0.15, 0.2) is 0 Å². The fourth-order valence-electron chi connectivity index (χ4n) is 9.26. The van der Waals surface area contributed by atoms with Crippen LogP contribution in [0.4, 0.5) is 0 Å². The van der Waals surface area contributed by atoms with E-state index in [0.29, 0.717) is 17.3 Å². The smallest absolute Gasteiger partial charge is 0.0836 e. The molecule has 0 radical (unpaired) electrons. The Hall–Kier alpha value is -1.32. The molecule has 4 aliphatic rings. The van der Waals surface area contributed by atoms with Crippen molar-refractivity contribution in [2.45, 2.75) is 106 Å². The zero-order valence-electron chi connectivity index (χ0n) is 22.0. The Labute approximate surface area is 202 Å². The van der Waals surface area contributed by atoms with Crippen LogP contribution in [-0.2, 0) is 0 Å². The molecule has 0 aliphatic heterocycles.